The van der Waals surface area contributed by atoms with Crippen molar-refractivity contribution in [3.8, 4) is 11.1 Å². The zero-order valence-corrected chi connectivity index (χ0v) is 18.2. The number of hydrogen-bond acceptors (Lipinski definition) is 6. The van der Waals surface area contributed by atoms with Crippen molar-refractivity contribution in [2.75, 3.05) is 6.61 Å². The molecule has 1 atom stereocenters. The summed E-state index contributed by atoms with van der Waals surface area (Å²) in [7, 11) is 0. The lowest BCUT2D eigenvalue weighted by molar-refractivity contribution is -0.139. The van der Waals surface area contributed by atoms with Crippen molar-refractivity contribution >= 4 is 12.1 Å². The van der Waals surface area contributed by atoms with E-state index in [4.69, 9.17) is 9.26 Å². The SMILES string of the molecule is CC(C)(C)c1noc(C[C@H](NC(=O)OCC2c3ccccc3-c3ccccc32)C(=O)O)n1. The average Bonchev–Trinajstić information content (AvgIpc) is 3.35. The first-order valence-electron chi connectivity index (χ1n) is 10.4. The quantitative estimate of drug-likeness (QED) is 0.603. The van der Waals surface area contributed by atoms with Crippen LogP contribution in [0, 0.1) is 0 Å². The molecule has 0 saturated heterocycles. The van der Waals surface area contributed by atoms with Crippen molar-refractivity contribution in [1.29, 1.82) is 0 Å². The van der Waals surface area contributed by atoms with Gasteiger partial charge < -0.3 is 19.7 Å². The highest BCUT2D eigenvalue weighted by molar-refractivity contribution is 5.81. The van der Waals surface area contributed by atoms with E-state index in [-0.39, 0.29) is 30.3 Å². The summed E-state index contributed by atoms with van der Waals surface area (Å²) >= 11 is 0. The number of alkyl carbamates (subject to hydrolysis) is 1. The molecule has 0 saturated carbocycles. The summed E-state index contributed by atoms with van der Waals surface area (Å²) in [6, 6.07) is 14.7. The van der Waals surface area contributed by atoms with Gasteiger partial charge in [0, 0.05) is 11.3 Å². The molecule has 3 aromatic rings. The van der Waals surface area contributed by atoms with Crippen LogP contribution in [-0.2, 0) is 21.4 Å². The number of carboxylic acid groups (broad SMARTS) is 1. The minimum Gasteiger partial charge on any atom is -0.480 e. The van der Waals surface area contributed by atoms with Crippen molar-refractivity contribution in [2.45, 2.75) is 44.6 Å². The van der Waals surface area contributed by atoms with Gasteiger partial charge in [0.1, 0.15) is 12.6 Å². The van der Waals surface area contributed by atoms with Crippen LogP contribution in [0.15, 0.2) is 53.1 Å². The maximum absolute atomic E-state index is 12.4. The van der Waals surface area contributed by atoms with Gasteiger partial charge in [-0.3, -0.25) is 0 Å². The predicted molar refractivity (Wildman–Crippen MR) is 116 cm³/mol. The van der Waals surface area contributed by atoms with Gasteiger partial charge in [0.25, 0.3) is 0 Å². The van der Waals surface area contributed by atoms with E-state index in [2.05, 4.69) is 15.5 Å². The van der Waals surface area contributed by atoms with Crippen LogP contribution in [0.3, 0.4) is 0 Å². The summed E-state index contributed by atoms with van der Waals surface area (Å²) in [6.45, 7) is 5.86. The molecule has 0 aliphatic heterocycles. The van der Waals surface area contributed by atoms with Gasteiger partial charge in [0.2, 0.25) is 5.89 Å². The van der Waals surface area contributed by atoms with E-state index in [0.717, 1.165) is 22.3 Å². The van der Waals surface area contributed by atoms with Crippen molar-refractivity contribution < 1.29 is 24.0 Å². The van der Waals surface area contributed by atoms with Crippen LogP contribution >= 0.6 is 0 Å². The number of aromatic nitrogens is 2. The molecule has 8 nitrogen and oxygen atoms in total. The summed E-state index contributed by atoms with van der Waals surface area (Å²) in [4.78, 5) is 28.3. The zero-order chi connectivity index (χ0) is 22.9. The van der Waals surface area contributed by atoms with Gasteiger partial charge in [-0.25, -0.2) is 9.59 Å². The lowest BCUT2D eigenvalue weighted by Gasteiger charge is -2.16. The molecule has 0 spiro atoms. The normalized spacial score (nSPS) is 13.8. The number of rotatable bonds is 6. The van der Waals surface area contributed by atoms with Gasteiger partial charge in [-0.15, -0.1) is 0 Å². The molecule has 166 valence electrons. The highest BCUT2D eigenvalue weighted by Crippen LogP contribution is 2.44. The third kappa shape index (κ3) is 4.34. The summed E-state index contributed by atoms with van der Waals surface area (Å²) in [5, 5.41) is 15.8. The number of benzene rings is 2. The highest BCUT2D eigenvalue weighted by atomic mass is 16.5. The average molecular weight is 435 g/mol. The first-order valence-corrected chi connectivity index (χ1v) is 10.4. The number of carbonyl (C=O) groups is 2. The molecule has 8 heteroatoms. The van der Waals surface area contributed by atoms with Gasteiger partial charge in [-0.2, -0.15) is 4.98 Å². The maximum Gasteiger partial charge on any atom is 0.407 e. The molecule has 1 aromatic heterocycles. The Hall–Kier alpha value is -3.68. The molecule has 1 amide bonds. The van der Waals surface area contributed by atoms with E-state index >= 15 is 0 Å². The van der Waals surface area contributed by atoms with E-state index in [1.807, 2.05) is 69.3 Å². The zero-order valence-electron chi connectivity index (χ0n) is 18.2. The second kappa shape index (κ2) is 8.45. The largest absolute Gasteiger partial charge is 0.480 e. The van der Waals surface area contributed by atoms with E-state index in [1.165, 1.54) is 0 Å². The van der Waals surface area contributed by atoms with Crippen LogP contribution in [0.2, 0.25) is 0 Å². The number of nitrogens with one attached hydrogen (secondary N) is 1. The lowest BCUT2D eigenvalue weighted by Crippen LogP contribution is -2.43. The van der Waals surface area contributed by atoms with Crippen LogP contribution in [0.25, 0.3) is 11.1 Å². The fourth-order valence-electron chi connectivity index (χ4n) is 3.80. The number of carboxylic acids is 1. The fourth-order valence-corrected chi connectivity index (χ4v) is 3.80. The number of hydrogen-bond donors (Lipinski definition) is 2. The van der Waals surface area contributed by atoms with Crippen molar-refractivity contribution in [3.05, 3.63) is 71.4 Å². The van der Waals surface area contributed by atoms with Crippen molar-refractivity contribution in [1.82, 2.24) is 15.5 Å². The van der Waals surface area contributed by atoms with Gasteiger partial charge in [-0.05, 0) is 22.3 Å². The molecule has 32 heavy (non-hydrogen) atoms. The Bertz CT molecular complexity index is 1100. The lowest BCUT2D eigenvalue weighted by atomic mass is 9.96. The van der Waals surface area contributed by atoms with E-state index in [1.54, 1.807) is 0 Å². The number of fused-ring (bicyclic) bond motifs is 3. The van der Waals surface area contributed by atoms with Gasteiger partial charge in [-0.1, -0.05) is 74.5 Å². The van der Waals surface area contributed by atoms with Crippen LogP contribution in [0.1, 0.15) is 49.5 Å². The second-order valence-corrected chi connectivity index (χ2v) is 8.83. The maximum atomic E-state index is 12.4. The molecule has 0 unspecified atom stereocenters. The summed E-state index contributed by atoms with van der Waals surface area (Å²) < 4.78 is 10.6. The molecule has 1 aliphatic carbocycles. The van der Waals surface area contributed by atoms with E-state index in [0.29, 0.717) is 5.82 Å². The number of aliphatic carboxylic acids is 1. The Balaban J connectivity index is 1.41. The van der Waals surface area contributed by atoms with Crippen molar-refractivity contribution in [2.24, 2.45) is 0 Å². The smallest absolute Gasteiger partial charge is 0.407 e. The molecule has 2 aromatic carbocycles. The van der Waals surface area contributed by atoms with E-state index in [9.17, 15) is 14.7 Å². The minimum atomic E-state index is -1.25. The second-order valence-electron chi connectivity index (χ2n) is 8.83. The molecule has 0 fully saturated rings. The number of ether oxygens (including phenoxy) is 1. The van der Waals surface area contributed by atoms with Crippen molar-refractivity contribution in [3.63, 3.8) is 0 Å². The van der Waals surface area contributed by atoms with Gasteiger partial charge in [0.05, 0.1) is 6.42 Å². The number of amides is 1. The Morgan fingerprint density at radius 1 is 1.09 bits per heavy atom. The topological polar surface area (TPSA) is 115 Å². The Labute approximate surface area is 185 Å². The molecule has 0 bridgehead atoms. The standard InChI is InChI=1S/C24H25N3O5/c1-24(2,3)22-26-20(32-27-22)12-19(21(28)29)25-23(30)31-13-18-16-10-6-4-8-14(16)15-9-5-7-11-17(15)18/h4-11,18-19H,12-13H2,1-3H3,(H,25,30)(H,28,29)/t19-/m0/s1. The number of nitrogens with zero attached hydrogens (tertiary/aromatic N) is 2. The molecule has 1 aliphatic rings. The summed E-state index contributed by atoms with van der Waals surface area (Å²) in [5.41, 5.74) is 4.06. The Morgan fingerprint density at radius 2 is 1.69 bits per heavy atom. The third-order valence-electron chi connectivity index (χ3n) is 5.45. The molecular formula is C24H25N3O5. The summed E-state index contributed by atoms with van der Waals surface area (Å²) in [5.74, 6) is -0.713. The van der Waals surface area contributed by atoms with Crippen LogP contribution in [-0.4, -0.2) is 40.0 Å². The Morgan fingerprint density at radius 3 is 2.22 bits per heavy atom. The first kappa shape index (κ1) is 21.5. The minimum absolute atomic E-state index is 0.0981. The van der Waals surface area contributed by atoms with Crippen LogP contribution < -0.4 is 5.32 Å². The molecular weight excluding hydrogens is 410 g/mol. The third-order valence-corrected chi connectivity index (χ3v) is 5.45. The summed E-state index contributed by atoms with van der Waals surface area (Å²) in [6.07, 6.45) is -0.947. The molecule has 1 heterocycles. The first-order chi connectivity index (χ1) is 15.2. The van der Waals surface area contributed by atoms with E-state index < -0.39 is 18.1 Å². The monoisotopic (exact) mass is 435 g/mol. The highest BCUT2D eigenvalue weighted by Gasteiger charge is 2.30. The number of carbonyl (C=O) groups excluding carboxylic acids is 1. The Kier molecular flexibility index (Phi) is 5.69. The van der Waals surface area contributed by atoms with Gasteiger partial charge >= 0.3 is 12.1 Å². The predicted octanol–water partition coefficient (Wildman–Crippen LogP) is 3.90. The van der Waals surface area contributed by atoms with Crippen LogP contribution in [0.5, 0.6) is 0 Å². The van der Waals surface area contributed by atoms with Crippen LogP contribution in [0.4, 0.5) is 4.79 Å². The molecule has 2 N–H and O–H groups in total. The molecule has 0 radical (unpaired) electrons. The van der Waals surface area contributed by atoms with Gasteiger partial charge in [0.15, 0.2) is 5.82 Å². The fraction of sp³-hybridized carbons (Fsp3) is 0.333. The molecule has 4 rings (SSSR count).